The zero-order chi connectivity index (χ0) is 24.5. The zero-order valence-corrected chi connectivity index (χ0v) is 18.3. The molecule has 1 aromatic carbocycles. The molecule has 1 amide bonds. The number of aromatic nitrogens is 4. The number of halogens is 3. The molecule has 0 unspecified atom stereocenters. The van der Waals surface area contributed by atoms with Crippen LogP contribution in [-0.4, -0.2) is 80.1 Å². The third-order valence-corrected chi connectivity index (χ3v) is 5.82. The smallest absolute Gasteiger partial charge is 0.309 e. The lowest BCUT2D eigenvalue weighted by molar-refractivity contribution is -0.139. The molecule has 0 saturated carbocycles. The quantitative estimate of drug-likeness (QED) is 0.569. The molecular weight excluding hydrogens is 442 g/mol. The Hall–Kier alpha value is -2.82. The van der Waals surface area contributed by atoms with E-state index in [9.17, 15) is 18.0 Å². The van der Waals surface area contributed by atoms with E-state index in [-0.39, 0.29) is 18.4 Å². The number of benzene rings is 1. The number of fused-ring (bicyclic) bond motifs is 1. The van der Waals surface area contributed by atoms with E-state index in [0.717, 1.165) is 16.5 Å². The Labute approximate surface area is 198 Å². The first-order chi connectivity index (χ1) is 16.0. The monoisotopic (exact) mass is 462 g/mol. The molecule has 6 radical (unpaired) electrons. The molecular formula is C21H20B3F3N6O. The molecule has 2 aromatic heterocycles. The number of carbonyl (C=O) groups is 1. The van der Waals surface area contributed by atoms with Crippen LogP contribution in [0.5, 0.6) is 0 Å². The Morgan fingerprint density at radius 2 is 1.82 bits per heavy atom. The van der Waals surface area contributed by atoms with Gasteiger partial charge in [0, 0.05) is 29.6 Å². The van der Waals surface area contributed by atoms with Crippen molar-refractivity contribution in [3.8, 4) is 11.1 Å². The van der Waals surface area contributed by atoms with Crippen LogP contribution in [0.1, 0.15) is 19.3 Å². The van der Waals surface area contributed by atoms with Crippen molar-refractivity contribution >= 4 is 46.2 Å². The number of hydrogen-bond acceptors (Lipinski definition) is 5. The second-order valence-electron chi connectivity index (χ2n) is 8.53. The molecule has 0 aliphatic carbocycles. The second kappa shape index (κ2) is 9.44. The van der Waals surface area contributed by atoms with Crippen molar-refractivity contribution in [3.63, 3.8) is 0 Å². The van der Waals surface area contributed by atoms with Crippen molar-refractivity contribution in [2.45, 2.75) is 30.7 Å². The van der Waals surface area contributed by atoms with Crippen LogP contribution in [0.2, 0.25) is 0 Å². The van der Waals surface area contributed by atoms with Gasteiger partial charge in [0.2, 0.25) is 5.91 Å². The molecule has 3 aromatic rings. The summed E-state index contributed by atoms with van der Waals surface area (Å²) in [4.78, 5) is 14.4. The maximum Gasteiger partial charge on any atom is 0.390 e. The van der Waals surface area contributed by atoms with Gasteiger partial charge >= 0.3 is 6.18 Å². The fourth-order valence-electron chi connectivity index (χ4n) is 3.90. The van der Waals surface area contributed by atoms with E-state index in [1.807, 2.05) is 12.1 Å². The van der Waals surface area contributed by atoms with Crippen molar-refractivity contribution in [3.05, 3.63) is 36.7 Å². The Balaban J connectivity index is 1.41. The number of alkyl halides is 3. The van der Waals surface area contributed by atoms with Gasteiger partial charge in [-0.3, -0.25) is 9.48 Å². The number of likely N-dealkylation sites (tertiary alicyclic amines) is 1. The molecule has 7 nitrogen and oxygen atoms in total. The second-order valence-corrected chi connectivity index (χ2v) is 8.53. The molecule has 1 N–H and O–H groups in total. The van der Waals surface area contributed by atoms with Gasteiger partial charge in [-0.2, -0.15) is 18.3 Å². The molecule has 13 heteroatoms. The fourth-order valence-corrected chi connectivity index (χ4v) is 3.90. The third kappa shape index (κ3) is 6.00. The predicted octanol–water partition coefficient (Wildman–Crippen LogP) is 2.17. The minimum Gasteiger partial charge on any atom is -0.309 e. The van der Waals surface area contributed by atoms with E-state index < -0.39 is 17.8 Å². The molecule has 0 atom stereocenters. The minimum atomic E-state index is -4.17. The third-order valence-electron chi connectivity index (χ3n) is 5.82. The summed E-state index contributed by atoms with van der Waals surface area (Å²) in [6.45, 7) is 0.854. The molecule has 3 heterocycles. The average Bonchev–Trinajstić information content (AvgIpc) is 3.28. The van der Waals surface area contributed by atoms with Crippen molar-refractivity contribution in [2.24, 2.45) is 5.92 Å². The maximum atomic E-state index is 12.7. The maximum absolute atomic E-state index is 12.7. The summed E-state index contributed by atoms with van der Waals surface area (Å²) < 4.78 is 38.5. The SMILES string of the molecule is [B]C([B])([B])n1cc(-c2ccc3nnc(NC(=O)C4CCN(CCC(F)(F)F)CC4)cc3c2)cn1. The van der Waals surface area contributed by atoms with Crippen molar-refractivity contribution in [1.82, 2.24) is 24.9 Å². The Bertz CT molecular complexity index is 1170. The summed E-state index contributed by atoms with van der Waals surface area (Å²) in [6.07, 6.45) is -0.827. The standard InChI is InChI=1S/C21H20B3F3N6O/c22-21(23,24)33-12-16(11-28-33)14-1-2-17-15(9-14)10-18(31-30-17)29-19(34)13-3-6-32(7-4-13)8-5-20(25,26)27/h1-2,9-13H,3-8H2,(H,29,31,34). The Morgan fingerprint density at radius 3 is 2.47 bits per heavy atom. The molecule has 34 heavy (non-hydrogen) atoms. The van der Waals surface area contributed by atoms with E-state index >= 15 is 0 Å². The highest BCUT2D eigenvalue weighted by Gasteiger charge is 2.30. The molecule has 0 spiro atoms. The molecule has 0 bridgehead atoms. The summed E-state index contributed by atoms with van der Waals surface area (Å²) >= 11 is 0. The first-order valence-electron chi connectivity index (χ1n) is 10.8. The summed E-state index contributed by atoms with van der Waals surface area (Å²) in [7, 11) is 17.0. The van der Waals surface area contributed by atoms with Gasteiger partial charge in [0.1, 0.15) is 0 Å². The number of nitrogens with one attached hydrogen (secondary N) is 1. The number of amides is 1. The number of hydrogen-bond donors (Lipinski definition) is 1. The lowest BCUT2D eigenvalue weighted by Gasteiger charge is -2.31. The van der Waals surface area contributed by atoms with Gasteiger partial charge in [-0.05, 0) is 54.9 Å². The lowest BCUT2D eigenvalue weighted by Crippen LogP contribution is -2.39. The lowest BCUT2D eigenvalue weighted by atomic mass is 9.49. The van der Waals surface area contributed by atoms with E-state index in [0.29, 0.717) is 37.3 Å². The minimum absolute atomic E-state index is 0.0436. The predicted molar refractivity (Wildman–Crippen MR) is 124 cm³/mol. The molecule has 170 valence electrons. The van der Waals surface area contributed by atoms with Crippen LogP contribution in [0, 0.1) is 5.92 Å². The summed E-state index contributed by atoms with van der Waals surface area (Å²) in [5.74, 6) is -0.206. The van der Waals surface area contributed by atoms with Gasteiger partial charge < -0.3 is 10.2 Å². The average molecular weight is 462 g/mol. The van der Waals surface area contributed by atoms with E-state index in [2.05, 4.69) is 20.6 Å². The van der Waals surface area contributed by atoms with Gasteiger partial charge in [0.15, 0.2) is 5.82 Å². The summed E-state index contributed by atoms with van der Waals surface area (Å²) in [5, 5.41) is 14.2. The van der Waals surface area contributed by atoms with Gasteiger partial charge in [-0.15, -0.1) is 10.2 Å². The van der Waals surface area contributed by atoms with Gasteiger partial charge in [-0.1, -0.05) is 6.07 Å². The number of carbonyl (C=O) groups excluding carboxylic acids is 1. The molecule has 1 aliphatic heterocycles. The van der Waals surface area contributed by atoms with Gasteiger partial charge in [0.05, 0.1) is 41.7 Å². The number of rotatable bonds is 6. The van der Waals surface area contributed by atoms with E-state index in [1.165, 1.54) is 4.68 Å². The first-order valence-corrected chi connectivity index (χ1v) is 10.8. The summed E-state index contributed by atoms with van der Waals surface area (Å²) in [6, 6.07) is 7.21. The first kappa shape index (κ1) is 24.3. The van der Waals surface area contributed by atoms with Crippen LogP contribution in [0.25, 0.3) is 22.0 Å². The van der Waals surface area contributed by atoms with Gasteiger partial charge in [-0.25, -0.2) is 0 Å². The van der Waals surface area contributed by atoms with Crippen LogP contribution >= 0.6 is 0 Å². The van der Waals surface area contributed by atoms with Crippen molar-refractivity contribution < 1.29 is 18.0 Å². The highest BCUT2D eigenvalue weighted by Crippen LogP contribution is 2.26. The largest absolute Gasteiger partial charge is 0.390 e. The number of nitrogens with zero attached hydrogens (tertiary/aromatic N) is 5. The van der Waals surface area contributed by atoms with Crippen LogP contribution in [0.15, 0.2) is 36.7 Å². The van der Waals surface area contributed by atoms with Gasteiger partial charge in [0.25, 0.3) is 0 Å². The normalized spacial score (nSPS) is 16.1. The Kier molecular flexibility index (Phi) is 6.75. The highest BCUT2D eigenvalue weighted by molar-refractivity contribution is 6.56. The van der Waals surface area contributed by atoms with Crippen molar-refractivity contribution in [1.29, 1.82) is 0 Å². The van der Waals surface area contributed by atoms with Crippen LogP contribution in [-0.2, 0) is 10.0 Å². The van der Waals surface area contributed by atoms with Crippen LogP contribution in [0.3, 0.4) is 0 Å². The molecule has 1 fully saturated rings. The number of piperidine rings is 1. The molecule has 1 saturated heterocycles. The topological polar surface area (TPSA) is 75.9 Å². The molecule has 1 aliphatic rings. The van der Waals surface area contributed by atoms with E-state index in [1.54, 1.807) is 29.4 Å². The van der Waals surface area contributed by atoms with Crippen molar-refractivity contribution in [2.75, 3.05) is 25.0 Å². The fraction of sp³-hybridized carbons (Fsp3) is 0.429. The molecule has 4 rings (SSSR count). The highest BCUT2D eigenvalue weighted by atomic mass is 19.4. The van der Waals surface area contributed by atoms with E-state index in [4.69, 9.17) is 23.5 Å². The van der Waals surface area contributed by atoms with Crippen LogP contribution < -0.4 is 5.32 Å². The van der Waals surface area contributed by atoms with Crippen LogP contribution in [0.4, 0.5) is 19.0 Å². The summed E-state index contributed by atoms with van der Waals surface area (Å²) in [5.41, 5.74) is 2.20. The number of anilines is 1. The zero-order valence-electron chi connectivity index (χ0n) is 18.3. The Morgan fingerprint density at radius 1 is 1.09 bits per heavy atom.